The predicted molar refractivity (Wildman–Crippen MR) is 116 cm³/mol. The molecule has 1 aliphatic rings. The summed E-state index contributed by atoms with van der Waals surface area (Å²) in [7, 11) is 0. The number of aromatic nitrogens is 1. The Morgan fingerprint density at radius 1 is 1.19 bits per heavy atom. The minimum Gasteiger partial charge on any atom is -0.379 e. The van der Waals surface area contributed by atoms with E-state index >= 15 is 0 Å². The minimum atomic E-state index is 0.580. The van der Waals surface area contributed by atoms with E-state index in [4.69, 9.17) is 11.6 Å². The molecule has 0 bridgehead atoms. The molecule has 1 saturated carbocycles. The molecule has 0 aliphatic heterocycles. The Kier molecular flexibility index (Phi) is 5.82. The van der Waals surface area contributed by atoms with E-state index in [1.54, 1.807) is 11.3 Å². The van der Waals surface area contributed by atoms with Crippen molar-refractivity contribution in [1.82, 2.24) is 4.98 Å². The summed E-state index contributed by atoms with van der Waals surface area (Å²) in [6.07, 6.45) is 9.53. The highest BCUT2D eigenvalue weighted by molar-refractivity contribution is 7.20. The maximum atomic E-state index is 6.36. The van der Waals surface area contributed by atoms with Crippen LogP contribution in [0.2, 0.25) is 5.15 Å². The van der Waals surface area contributed by atoms with E-state index in [0.29, 0.717) is 11.1 Å². The van der Waals surface area contributed by atoms with Crippen LogP contribution in [-0.4, -0.2) is 4.98 Å². The second-order valence-electron chi connectivity index (χ2n) is 7.24. The van der Waals surface area contributed by atoms with Crippen LogP contribution in [0.15, 0.2) is 23.6 Å². The zero-order valence-electron chi connectivity index (χ0n) is 15.2. The Balaban J connectivity index is 1.67. The van der Waals surface area contributed by atoms with Gasteiger partial charge in [0.2, 0.25) is 0 Å². The van der Waals surface area contributed by atoms with E-state index in [1.165, 1.54) is 65.0 Å². The van der Waals surface area contributed by atoms with Crippen molar-refractivity contribution in [3.8, 4) is 0 Å². The van der Waals surface area contributed by atoms with Gasteiger partial charge in [-0.1, -0.05) is 49.8 Å². The highest BCUT2D eigenvalue weighted by atomic mass is 35.5. The van der Waals surface area contributed by atoms with Gasteiger partial charge in [-0.2, -0.15) is 0 Å². The lowest BCUT2D eigenvalue weighted by atomic mass is 9.89. The molecule has 0 amide bonds. The first-order valence-corrected chi connectivity index (χ1v) is 11.7. The summed E-state index contributed by atoms with van der Waals surface area (Å²) < 4.78 is 1.26. The molecule has 0 saturated heterocycles. The molecule has 3 heterocycles. The monoisotopic (exact) mass is 404 g/mol. The maximum Gasteiger partial charge on any atom is 0.131 e. The molecule has 3 aromatic rings. The summed E-state index contributed by atoms with van der Waals surface area (Å²) in [6, 6.07) is 6.24. The predicted octanol–water partition coefficient (Wildman–Crippen LogP) is 7.76. The van der Waals surface area contributed by atoms with Crippen LogP contribution in [-0.2, 0) is 6.54 Å². The first kappa shape index (κ1) is 18.3. The number of nitrogens with one attached hydrogen (secondary N) is 1. The van der Waals surface area contributed by atoms with E-state index in [1.807, 2.05) is 17.4 Å². The van der Waals surface area contributed by atoms with Gasteiger partial charge in [0.15, 0.2) is 0 Å². The normalized spacial score (nSPS) is 16.5. The van der Waals surface area contributed by atoms with Gasteiger partial charge in [-0.15, -0.1) is 22.7 Å². The largest absolute Gasteiger partial charge is 0.379 e. The molecule has 2 nitrogen and oxygen atoms in total. The zero-order chi connectivity index (χ0) is 17.9. The summed E-state index contributed by atoms with van der Waals surface area (Å²) in [5.41, 5.74) is 3.56. The molecule has 0 atom stereocenters. The van der Waals surface area contributed by atoms with E-state index in [-0.39, 0.29) is 0 Å². The van der Waals surface area contributed by atoms with E-state index in [9.17, 15) is 0 Å². The van der Waals surface area contributed by atoms with Gasteiger partial charge in [0, 0.05) is 22.4 Å². The number of halogens is 1. The SMILES string of the molecule is Cc1c(C2CCCCCCC2)sc2c(NCc3cccs3)cc(Cl)nc12. The van der Waals surface area contributed by atoms with Gasteiger partial charge in [0.25, 0.3) is 0 Å². The Morgan fingerprint density at radius 3 is 2.69 bits per heavy atom. The molecule has 0 aromatic carbocycles. The van der Waals surface area contributed by atoms with E-state index in [2.05, 4.69) is 34.7 Å². The Bertz CT molecular complexity index is 862. The minimum absolute atomic E-state index is 0.580. The average molecular weight is 405 g/mol. The van der Waals surface area contributed by atoms with Crippen LogP contribution in [0.4, 0.5) is 5.69 Å². The number of thiophene rings is 2. The van der Waals surface area contributed by atoms with Crippen molar-refractivity contribution in [1.29, 1.82) is 0 Å². The van der Waals surface area contributed by atoms with E-state index < -0.39 is 0 Å². The molecule has 4 rings (SSSR count). The highest BCUT2D eigenvalue weighted by Crippen LogP contribution is 2.43. The summed E-state index contributed by atoms with van der Waals surface area (Å²) in [5, 5.41) is 6.29. The fourth-order valence-electron chi connectivity index (χ4n) is 4.00. The summed E-state index contributed by atoms with van der Waals surface area (Å²) >= 11 is 10.1. The summed E-state index contributed by atoms with van der Waals surface area (Å²) in [6.45, 7) is 3.07. The third kappa shape index (κ3) is 3.92. The van der Waals surface area contributed by atoms with Gasteiger partial charge < -0.3 is 5.32 Å². The lowest BCUT2D eigenvalue weighted by Crippen LogP contribution is -2.01. The molecule has 5 heteroatoms. The van der Waals surface area contributed by atoms with Crippen molar-refractivity contribution in [2.24, 2.45) is 0 Å². The highest BCUT2D eigenvalue weighted by Gasteiger charge is 2.22. The van der Waals surface area contributed by atoms with Crippen LogP contribution in [0, 0.1) is 6.92 Å². The van der Waals surface area contributed by atoms with Crippen LogP contribution in [0.25, 0.3) is 10.2 Å². The molecule has 0 radical (unpaired) electrons. The van der Waals surface area contributed by atoms with Crippen LogP contribution in [0.5, 0.6) is 0 Å². The van der Waals surface area contributed by atoms with Gasteiger partial charge in [-0.3, -0.25) is 0 Å². The zero-order valence-corrected chi connectivity index (χ0v) is 17.6. The smallest absolute Gasteiger partial charge is 0.131 e. The van der Waals surface area contributed by atoms with Gasteiger partial charge in [-0.25, -0.2) is 4.98 Å². The number of fused-ring (bicyclic) bond motifs is 1. The molecule has 1 fully saturated rings. The van der Waals surface area contributed by atoms with Crippen molar-refractivity contribution >= 4 is 50.2 Å². The van der Waals surface area contributed by atoms with Crippen molar-refractivity contribution < 1.29 is 0 Å². The molecule has 0 unspecified atom stereocenters. The first-order chi connectivity index (χ1) is 12.7. The Morgan fingerprint density at radius 2 is 1.96 bits per heavy atom. The molecule has 26 heavy (non-hydrogen) atoms. The molecule has 1 N–H and O–H groups in total. The van der Waals surface area contributed by atoms with Gasteiger partial charge in [0.1, 0.15) is 5.15 Å². The lowest BCUT2D eigenvalue weighted by Gasteiger charge is -2.19. The van der Waals surface area contributed by atoms with Crippen molar-refractivity contribution in [3.05, 3.63) is 44.1 Å². The number of aryl methyl sites for hydroxylation is 1. The van der Waals surface area contributed by atoms with Crippen LogP contribution < -0.4 is 5.32 Å². The lowest BCUT2D eigenvalue weighted by molar-refractivity contribution is 0.459. The van der Waals surface area contributed by atoms with Crippen LogP contribution in [0.3, 0.4) is 0 Å². The second-order valence-corrected chi connectivity index (χ2v) is 9.71. The summed E-state index contributed by atoms with van der Waals surface area (Å²) in [5.74, 6) is 0.693. The van der Waals surface area contributed by atoms with E-state index in [0.717, 1.165) is 17.7 Å². The maximum absolute atomic E-state index is 6.36. The van der Waals surface area contributed by atoms with Crippen molar-refractivity contribution in [3.63, 3.8) is 0 Å². The molecule has 0 spiro atoms. The Labute approximate surface area is 168 Å². The second kappa shape index (κ2) is 8.28. The first-order valence-electron chi connectivity index (χ1n) is 9.58. The Hall–Kier alpha value is -1.10. The number of rotatable bonds is 4. The summed E-state index contributed by atoms with van der Waals surface area (Å²) in [4.78, 5) is 7.55. The van der Waals surface area contributed by atoms with Gasteiger partial charge >= 0.3 is 0 Å². The molecule has 138 valence electrons. The fraction of sp³-hybridized carbons (Fsp3) is 0.476. The van der Waals surface area contributed by atoms with Crippen LogP contribution in [0.1, 0.15) is 66.2 Å². The number of hydrogen-bond acceptors (Lipinski definition) is 4. The van der Waals surface area contributed by atoms with Gasteiger partial charge in [-0.05, 0) is 42.7 Å². The quantitative estimate of drug-likeness (QED) is 0.449. The van der Waals surface area contributed by atoms with Crippen molar-refractivity contribution in [2.45, 2.75) is 64.3 Å². The standard InChI is InChI=1S/C21H25ClN2S2/c1-14-19-21(26-20(14)15-8-5-3-2-4-6-9-15)17(12-18(22)24-19)23-13-16-10-7-11-25-16/h7,10-12,15H,2-6,8-9,13H2,1H3,(H,23,24). The average Bonchev–Trinajstić information content (AvgIpc) is 3.22. The molecule has 1 aliphatic carbocycles. The fourth-order valence-corrected chi connectivity index (χ4v) is 6.24. The van der Waals surface area contributed by atoms with Crippen molar-refractivity contribution in [2.75, 3.05) is 5.32 Å². The third-order valence-electron chi connectivity index (χ3n) is 5.39. The van der Waals surface area contributed by atoms with Gasteiger partial charge in [0.05, 0.1) is 15.9 Å². The van der Waals surface area contributed by atoms with Crippen LogP contribution >= 0.6 is 34.3 Å². The number of anilines is 1. The number of nitrogens with zero attached hydrogens (tertiary/aromatic N) is 1. The number of pyridine rings is 1. The number of hydrogen-bond donors (Lipinski definition) is 1. The molecular formula is C21H25ClN2S2. The molecular weight excluding hydrogens is 380 g/mol. The molecule has 3 aromatic heterocycles. The third-order valence-corrected chi connectivity index (χ3v) is 7.93. The topological polar surface area (TPSA) is 24.9 Å².